The molecule has 0 saturated carbocycles. The monoisotopic (exact) mass is 386 g/mol. The zero-order valence-electron chi connectivity index (χ0n) is 13.6. The van der Waals surface area contributed by atoms with Gasteiger partial charge in [0.1, 0.15) is 0 Å². The van der Waals surface area contributed by atoms with E-state index in [0.717, 1.165) is 6.07 Å². The van der Waals surface area contributed by atoms with E-state index in [2.05, 4.69) is 4.72 Å². The predicted molar refractivity (Wildman–Crippen MR) is 92.8 cm³/mol. The predicted octanol–water partition coefficient (Wildman–Crippen LogP) is 1.54. The van der Waals surface area contributed by atoms with E-state index in [1.807, 2.05) is 6.92 Å². The Morgan fingerprint density at radius 2 is 1.68 bits per heavy atom. The van der Waals surface area contributed by atoms with Crippen molar-refractivity contribution in [2.24, 2.45) is 5.14 Å². The quantitative estimate of drug-likeness (QED) is 0.744. The molecule has 2 aromatic rings. The Bertz CT molecular complexity index is 971. The summed E-state index contributed by atoms with van der Waals surface area (Å²) in [6.45, 7) is 2.25. The maximum atomic E-state index is 12.5. The average molecular weight is 386 g/mol. The van der Waals surface area contributed by atoms with Crippen LogP contribution in [0.3, 0.4) is 0 Å². The van der Waals surface area contributed by atoms with Gasteiger partial charge in [-0.2, -0.15) is 0 Å². The van der Waals surface area contributed by atoms with Crippen LogP contribution in [-0.2, 0) is 20.0 Å². The molecule has 0 amide bonds. The number of primary sulfonamides is 1. The largest absolute Gasteiger partial charge is 0.493 e. The van der Waals surface area contributed by atoms with E-state index >= 15 is 0 Å². The molecule has 8 nitrogen and oxygen atoms in total. The van der Waals surface area contributed by atoms with Gasteiger partial charge in [-0.05, 0) is 37.3 Å². The maximum absolute atomic E-state index is 12.5. The third-order valence-corrected chi connectivity index (χ3v) is 5.45. The Balaban J connectivity index is 2.36. The molecule has 0 fully saturated rings. The fraction of sp³-hybridized carbons (Fsp3) is 0.200. The number of anilines is 1. The zero-order chi connectivity index (χ0) is 18.7. The fourth-order valence-corrected chi connectivity index (χ4v) is 3.77. The Kier molecular flexibility index (Phi) is 5.55. The van der Waals surface area contributed by atoms with Crippen LogP contribution in [0.25, 0.3) is 0 Å². The first-order valence-electron chi connectivity index (χ1n) is 7.14. The molecule has 3 N–H and O–H groups in total. The zero-order valence-corrected chi connectivity index (χ0v) is 15.2. The first-order chi connectivity index (χ1) is 11.7. The standard InChI is InChI=1S/C15H18N2O6S2/c1-3-23-14-8-7-11(9-15(14)22-2)17-25(20,21)13-6-4-5-12(10-13)24(16,18)19/h4-10,17H,3H2,1-2H3,(H2,16,18,19). The van der Waals surface area contributed by atoms with E-state index in [-0.39, 0.29) is 15.5 Å². The minimum Gasteiger partial charge on any atom is -0.493 e. The second-order valence-electron chi connectivity index (χ2n) is 4.92. The molecule has 25 heavy (non-hydrogen) atoms. The lowest BCUT2D eigenvalue weighted by Crippen LogP contribution is -2.16. The lowest BCUT2D eigenvalue weighted by molar-refractivity contribution is 0.311. The highest BCUT2D eigenvalue weighted by atomic mass is 32.2. The van der Waals surface area contributed by atoms with Crippen LogP contribution in [0.2, 0.25) is 0 Å². The summed E-state index contributed by atoms with van der Waals surface area (Å²) in [5.74, 6) is 0.838. The van der Waals surface area contributed by atoms with Crippen LogP contribution in [0.15, 0.2) is 52.3 Å². The molecule has 2 rings (SSSR count). The topological polar surface area (TPSA) is 125 Å². The van der Waals surface area contributed by atoms with Crippen molar-refractivity contribution in [3.8, 4) is 11.5 Å². The Morgan fingerprint density at radius 1 is 1.00 bits per heavy atom. The molecule has 136 valence electrons. The molecule has 0 heterocycles. The molecule has 0 atom stereocenters. The van der Waals surface area contributed by atoms with Gasteiger partial charge in [-0.15, -0.1) is 0 Å². The number of nitrogens with two attached hydrogens (primary N) is 1. The fourth-order valence-electron chi connectivity index (χ4n) is 2.04. The smallest absolute Gasteiger partial charge is 0.261 e. The molecule has 0 aliphatic rings. The molecule has 0 aromatic heterocycles. The summed E-state index contributed by atoms with van der Waals surface area (Å²) < 4.78 is 60.6. The van der Waals surface area contributed by atoms with Crippen LogP contribution in [0.1, 0.15) is 6.92 Å². The van der Waals surface area contributed by atoms with Crippen molar-refractivity contribution in [3.05, 3.63) is 42.5 Å². The van der Waals surface area contributed by atoms with E-state index in [0.29, 0.717) is 18.1 Å². The summed E-state index contributed by atoms with van der Waals surface area (Å²) >= 11 is 0. The first-order valence-corrected chi connectivity index (χ1v) is 10.2. The van der Waals surface area contributed by atoms with Crippen molar-refractivity contribution >= 4 is 25.7 Å². The van der Waals surface area contributed by atoms with Gasteiger partial charge in [0.2, 0.25) is 10.0 Å². The van der Waals surface area contributed by atoms with Crippen molar-refractivity contribution in [2.45, 2.75) is 16.7 Å². The molecular weight excluding hydrogens is 368 g/mol. The number of benzene rings is 2. The van der Waals surface area contributed by atoms with Crippen LogP contribution in [0, 0.1) is 0 Å². The number of methoxy groups -OCH3 is 1. The number of nitrogens with one attached hydrogen (secondary N) is 1. The van der Waals surface area contributed by atoms with Gasteiger partial charge in [0.15, 0.2) is 11.5 Å². The van der Waals surface area contributed by atoms with Gasteiger partial charge in [-0.1, -0.05) is 6.07 Å². The van der Waals surface area contributed by atoms with Crippen LogP contribution in [-0.4, -0.2) is 30.6 Å². The minimum atomic E-state index is -4.01. The second kappa shape index (κ2) is 7.30. The molecule has 0 unspecified atom stereocenters. The van der Waals surface area contributed by atoms with E-state index in [4.69, 9.17) is 14.6 Å². The molecule has 10 heteroatoms. The van der Waals surface area contributed by atoms with Crippen LogP contribution >= 0.6 is 0 Å². The summed E-state index contributed by atoms with van der Waals surface area (Å²) in [6.07, 6.45) is 0. The average Bonchev–Trinajstić information content (AvgIpc) is 2.55. The molecule has 0 aliphatic carbocycles. The van der Waals surface area contributed by atoms with Crippen molar-refractivity contribution in [2.75, 3.05) is 18.4 Å². The van der Waals surface area contributed by atoms with Gasteiger partial charge >= 0.3 is 0 Å². The lowest BCUT2D eigenvalue weighted by Gasteiger charge is -2.13. The lowest BCUT2D eigenvalue weighted by atomic mass is 10.3. The first kappa shape index (κ1) is 19.0. The van der Waals surface area contributed by atoms with Gasteiger partial charge in [-0.25, -0.2) is 22.0 Å². The molecule has 0 saturated heterocycles. The van der Waals surface area contributed by atoms with Crippen molar-refractivity contribution in [1.82, 2.24) is 0 Å². The van der Waals surface area contributed by atoms with E-state index in [1.165, 1.54) is 37.4 Å². The minimum absolute atomic E-state index is 0.230. The van der Waals surface area contributed by atoms with Gasteiger partial charge in [0.25, 0.3) is 10.0 Å². The molecule has 2 aromatic carbocycles. The van der Waals surface area contributed by atoms with E-state index in [1.54, 1.807) is 6.07 Å². The molecule has 0 radical (unpaired) electrons. The van der Waals surface area contributed by atoms with Crippen LogP contribution in [0.5, 0.6) is 11.5 Å². The molecule has 0 spiro atoms. The third kappa shape index (κ3) is 4.62. The summed E-state index contributed by atoms with van der Waals surface area (Å²) in [5.41, 5.74) is 0.237. The molecule has 0 aliphatic heterocycles. The number of hydrogen-bond acceptors (Lipinski definition) is 6. The summed E-state index contributed by atoms with van der Waals surface area (Å²) in [6, 6.07) is 9.31. The van der Waals surface area contributed by atoms with Crippen molar-refractivity contribution < 1.29 is 26.3 Å². The number of rotatable bonds is 7. The Labute approximate surface area is 146 Å². The highest BCUT2D eigenvalue weighted by molar-refractivity contribution is 7.93. The molecule has 0 bridgehead atoms. The van der Waals surface area contributed by atoms with Gasteiger partial charge < -0.3 is 9.47 Å². The van der Waals surface area contributed by atoms with Crippen LogP contribution in [0.4, 0.5) is 5.69 Å². The Hall–Kier alpha value is -2.30. The summed E-state index contributed by atoms with van der Waals surface area (Å²) in [7, 11) is -6.59. The van der Waals surface area contributed by atoms with Gasteiger partial charge in [0.05, 0.1) is 29.2 Å². The number of ether oxygens (including phenoxy) is 2. The van der Waals surface area contributed by atoms with Crippen LogP contribution < -0.4 is 19.3 Å². The van der Waals surface area contributed by atoms with Gasteiger partial charge in [-0.3, -0.25) is 4.72 Å². The van der Waals surface area contributed by atoms with Crippen molar-refractivity contribution in [3.63, 3.8) is 0 Å². The van der Waals surface area contributed by atoms with Gasteiger partial charge in [0, 0.05) is 6.07 Å². The third-order valence-electron chi connectivity index (χ3n) is 3.16. The highest BCUT2D eigenvalue weighted by Gasteiger charge is 2.18. The summed E-state index contributed by atoms with van der Waals surface area (Å²) in [5, 5.41) is 5.03. The Morgan fingerprint density at radius 3 is 2.28 bits per heavy atom. The SMILES string of the molecule is CCOc1ccc(NS(=O)(=O)c2cccc(S(N)(=O)=O)c2)cc1OC. The number of hydrogen-bond donors (Lipinski definition) is 2. The summed E-state index contributed by atoms with van der Waals surface area (Å²) in [4.78, 5) is -0.522. The van der Waals surface area contributed by atoms with E-state index in [9.17, 15) is 16.8 Å². The van der Waals surface area contributed by atoms with E-state index < -0.39 is 20.0 Å². The molecular formula is C15H18N2O6S2. The normalized spacial score (nSPS) is 11.8. The highest BCUT2D eigenvalue weighted by Crippen LogP contribution is 2.31. The second-order valence-corrected chi connectivity index (χ2v) is 8.17. The van der Waals surface area contributed by atoms with Crippen molar-refractivity contribution in [1.29, 1.82) is 0 Å². The number of sulfonamides is 2. The maximum Gasteiger partial charge on any atom is 0.261 e.